The SMILES string of the molecule is O=C1COCCN1Cc1ccc(F)c(F)c1F. The molecule has 1 aromatic carbocycles. The van der Waals surface area contributed by atoms with Gasteiger partial charge in [-0.25, -0.2) is 13.2 Å². The molecule has 2 rings (SSSR count). The molecule has 1 heterocycles. The van der Waals surface area contributed by atoms with Crippen LogP contribution in [0.25, 0.3) is 0 Å². The third-order valence-corrected chi connectivity index (χ3v) is 2.56. The zero-order chi connectivity index (χ0) is 12.4. The van der Waals surface area contributed by atoms with E-state index in [9.17, 15) is 18.0 Å². The van der Waals surface area contributed by atoms with Gasteiger partial charge in [0.25, 0.3) is 0 Å². The van der Waals surface area contributed by atoms with Crippen LogP contribution < -0.4 is 0 Å². The number of rotatable bonds is 2. The van der Waals surface area contributed by atoms with Crippen LogP contribution in [0.2, 0.25) is 0 Å². The highest BCUT2D eigenvalue weighted by atomic mass is 19.2. The topological polar surface area (TPSA) is 29.5 Å². The monoisotopic (exact) mass is 245 g/mol. The Kier molecular flexibility index (Phi) is 3.33. The minimum absolute atomic E-state index is 0.0425. The van der Waals surface area contributed by atoms with Gasteiger partial charge in [0.2, 0.25) is 5.91 Å². The highest BCUT2D eigenvalue weighted by Gasteiger charge is 2.21. The van der Waals surface area contributed by atoms with E-state index in [1.54, 1.807) is 0 Å². The maximum Gasteiger partial charge on any atom is 0.248 e. The van der Waals surface area contributed by atoms with E-state index in [-0.39, 0.29) is 24.6 Å². The van der Waals surface area contributed by atoms with Gasteiger partial charge in [-0.3, -0.25) is 4.79 Å². The summed E-state index contributed by atoms with van der Waals surface area (Å²) in [5.41, 5.74) is -0.0425. The lowest BCUT2D eigenvalue weighted by atomic mass is 10.1. The van der Waals surface area contributed by atoms with Crippen LogP contribution in [0.5, 0.6) is 0 Å². The van der Waals surface area contributed by atoms with E-state index >= 15 is 0 Å². The quantitative estimate of drug-likeness (QED) is 0.738. The van der Waals surface area contributed by atoms with Gasteiger partial charge in [-0.15, -0.1) is 0 Å². The van der Waals surface area contributed by atoms with E-state index in [0.717, 1.165) is 12.1 Å². The summed E-state index contributed by atoms with van der Waals surface area (Å²) >= 11 is 0. The molecule has 0 N–H and O–H groups in total. The standard InChI is InChI=1S/C11H10F3NO2/c12-8-2-1-7(10(13)11(8)14)5-15-3-4-17-6-9(15)16/h1-2H,3-6H2. The van der Waals surface area contributed by atoms with Crippen molar-refractivity contribution in [1.82, 2.24) is 4.90 Å². The Morgan fingerprint density at radius 3 is 2.71 bits per heavy atom. The molecular weight excluding hydrogens is 235 g/mol. The summed E-state index contributed by atoms with van der Waals surface area (Å²) in [6.07, 6.45) is 0. The molecule has 1 aromatic rings. The first kappa shape index (κ1) is 11.9. The average Bonchev–Trinajstić information content (AvgIpc) is 2.32. The summed E-state index contributed by atoms with van der Waals surface area (Å²) in [4.78, 5) is 12.7. The van der Waals surface area contributed by atoms with Gasteiger partial charge in [-0.05, 0) is 6.07 Å². The highest BCUT2D eigenvalue weighted by molar-refractivity contribution is 5.78. The summed E-state index contributed by atoms with van der Waals surface area (Å²) < 4.78 is 43.9. The fourth-order valence-corrected chi connectivity index (χ4v) is 1.61. The van der Waals surface area contributed by atoms with Gasteiger partial charge in [0.1, 0.15) is 6.61 Å². The van der Waals surface area contributed by atoms with E-state index in [2.05, 4.69) is 0 Å². The summed E-state index contributed by atoms with van der Waals surface area (Å²) in [5.74, 6) is -4.28. The number of hydrogen-bond donors (Lipinski definition) is 0. The molecule has 0 aromatic heterocycles. The first-order valence-electron chi connectivity index (χ1n) is 5.07. The third-order valence-electron chi connectivity index (χ3n) is 2.56. The molecule has 3 nitrogen and oxygen atoms in total. The number of carbonyl (C=O) groups is 1. The Morgan fingerprint density at radius 1 is 1.24 bits per heavy atom. The smallest absolute Gasteiger partial charge is 0.248 e. The second-order valence-corrected chi connectivity index (χ2v) is 3.70. The van der Waals surface area contributed by atoms with Gasteiger partial charge in [0.05, 0.1) is 6.61 Å². The molecule has 1 amide bonds. The molecule has 0 bridgehead atoms. The van der Waals surface area contributed by atoms with E-state index in [0.29, 0.717) is 13.2 Å². The number of nitrogens with zero attached hydrogens (tertiary/aromatic N) is 1. The molecule has 1 fully saturated rings. The van der Waals surface area contributed by atoms with Crippen LogP contribution in [0.4, 0.5) is 13.2 Å². The Hall–Kier alpha value is -1.56. The number of ether oxygens (including phenoxy) is 1. The number of morpholine rings is 1. The summed E-state index contributed by atoms with van der Waals surface area (Å²) in [6, 6.07) is 1.98. The highest BCUT2D eigenvalue weighted by Crippen LogP contribution is 2.17. The molecule has 0 atom stereocenters. The van der Waals surface area contributed by atoms with E-state index < -0.39 is 17.5 Å². The molecule has 0 aliphatic carbocycles. The largest absolute Gasteiger partial charge is 0.370 e. The molecule has 1 saturated heterocycles. The molecule has 6 heteroatoms. The van der Waals surface area contributed by atoms with E-state index in [4.69, 9.17) is 4.74 Å². The van der Waals surface area contributed by atoms with Crippen molar-refractivity contribution >= 4 is 5.91 Å². The molecule has 1 aliphatic heterocycles. The average molecular weight is 245 g/mol. The minimum atomic E-state index is -1.51. The molecule has 17 heavy (non-hydrogen) atoms. The molecule has 0 saturated carbocycles. The van der Waals surface area contributed by atoms with Crippen molar-refractivity contribution in [3.8, 4) is 0 Å². The molecule has 0 spiro atoms. The van der Waals surface area contributed by atoms with Crippen molar-refractivity contribution in [3.63, 3.8) is 0 Å². The third kappa shape index (κ3) is 2.41. The minimum Gasteiger partial charge on any atom is -0.370 e. The molecule has 92 valence electrons. The van der Waals surface area contributed by atoms with Gasteiger partial charge >= 0.3 is 0 Å². The fourth-order valence-electron chi connectivity index (χ4n) is 1.61. The lowest BCUT2D eigenvalue weighted by Crippen LogP contribution is -2.41. The zero-order valence-corrected chi connectivity index (χ0v) is 8.88. The second-order valence-electron chi connectivity index (χ2n) is 3.70. The van der Waals surface area contributed by atoms with Crippen molar-refractivity contribution in [2.45, 2.75) is 6.54 Å². The number of hydrogen-bond acceptors (Lipinski definition) is 2. The Bertz CT molecular complexity index is 451. The van der Waals surface area contributed by atoms with Crippen LogP contribution in [-0.2, 0) is 16.1 Å². The van der Waals surface area contributed by atoms with Crippen LogP contribution in [0.1, 0.15) is 5.56 Å². The molecule has 1 aliphatic rings. The van der Waals surface area contributed by atoms with Crippen LogP contribution in [0, 0.1) is 17.5 Å². The first-order chi connectivity index (χ1) is 8.09. The Balaban J connectivity index is 2.18. The van der Waals surface area contributed by atoms with Crippen molar-refractivity contribution in [1.29, 1.82) is 0 Å². The van der Waals surface area contributed by atoms with Crippen LogP contribution in [-0.4, -0.2) is 30.6 Å². The molecule has 0 unspecified atom stereocenters. The van der Waals surface area contributed by atoms with Crippen molar-refractivity contribution in [3.05, 3.63) is 35.1 Å². The summed E-state index contributed by atoms with van der Waals surface area (Å²) in [6.45, 7) is 0.533. The van der Waals surface area contributed by atoms with Crippen molar-refractivity contribution in [2.75, 3.05) is 19.8 Å². The van der Waals surface area contributed by atoms with Crippen LogP contribution in [0.15, 0.2) is 12.1 Å². The maximum atomic E-state index is 13.4. The fraction of sp³-hybridized carbons (Fsp3) is 0.364. The predicted octanol–water partition coefficient (Wildman–Crippen LogP) is 1.46. The first-order valence-corrected chi connectivity index (χ1v) is 5.07. The number of benzene rings is 1. The van der Waals surface area contributed by atoms with Crippen molar-refractivity contribution in [2.24, 2.45) is 0 Å². The Morgan fingerprint density at radius 2 is 2.00 bits per heavy atom. The number of carbonyl (C=O) groups excluding carboxylic acids is 1. The van der Waals surface area contributed by atoms with Gasteiger partial charge in [0.15, 0.2) is 17.5 Å². The summed E-state index contributed by atoms with van der Waals surface area (Å²) in [7, 11) is 0. The normalized spacial score (nSPS) is 16.4. The maximum absolute atomic E-state index is 13.4. The second kappa shape index (κ2) is 4.75. The Labute approximate surface area is 95.8 Å². The molecular formula is C11H10F3NO2. The lowest BCUT2D eigenvalue weighted by Gasteiger charge is -2.26. The summed E-state index contributed by atoms with van der Waals surface area (Å²) in [5, 5.41) is 0. The van der Waals surface area contributed by atoms with Crippen LogP contribution in [0.3, 0.4) is 0 Å². The predicted molar refractivity (Wildman–Crippen MR) is 52.6 cm³/mol. The van der Waals surface area contributed by atoms with E-state index in [1.165, 1.54) is 4.90 Å². The lowest BCUT2D eigenvalue weighted by molar-refractivity contribution is -0.143. The number of halogens is 3. The molecule has 0 radical (unpaired) electrons. The zero-order valence-electron chi connectivity index (χ0n) is 8.88. The van der Waals surface area contributed by atoms with Gasteiger partial charge < -0.3 is 9.64 Å². The van der Waals surface area contributed by atoms with Gasteiger partial charge in [-0.1, -0.05) is 6.07 Å². The van der Waals surface area contributed by atoms with Crippen LogP contribution >= 0.6 is 0 Å². The van der Waals surface area contributed by atoms with Gasteiger partial charge in [0, 0.05) is 18.7 Å². The van der Waals surface area contributed by atoms with Crippen molar-refractivity contribution < 1.29 is 22.7 Å². The van der Waals surface area contributed by atoms with Gasteiger partial charge in [-0.2, -0.15) is 0 Å². The van der Waals surface area contributed by atoms with E-state index in [1.807, 2.05) is 0 Å². The number of amides is 1.